The van der Waals surface area contributed by atoms with Gasteiger partial charge in [0.1, 0.15) is 6.20 Å². The zero-order chi connectivity index (χ0) is 5.82. The van der Waals surface area contributed by atoms with E-state index in [0.29, 0.717) is 6.54 Å². The second-order valence-electron chi connectivity index (χ2n) is 1.37. The largest absolute Gasteiger partial charge is 0.259 e. The molecule has 0 fully saturated rings. The molecule has 0 N–H and O–H groups in total. The van der Waals surface area contributed by atoms with E-state index in [2.05, 4.69) is 24.1 Å². The van der Waals surface area contributed by atoms with Crippen LogP contribution in [0, 0.1) is 12.4 Å². The molecule has 0 aliphatic heterocycles. The van der Waals surface area contributed by atoms with E-state index >= 15 is 0 Å². The van der Waals surface area contributed by atoms with Gasteiger partial charge in [-0.25, -0.2) is 0 Å². The zero-order valence-electron chi connectivity index (χ0n) is 4.46. The van der Waals surface area contributed by atoms with Gasteiger partial charge in [-0.3, -0.25) is 4.68 Å². The fraction of sp³-hybridized carbons (Fsp3) is 0.167. The van der Waals surface area contributed by atoms with Crippen LogP contribution in [0.2, 0.25) is 0 Å². The number of nitrogens with zero attached hydrogens (tertiary/aromatic N) is 2. The van der Waals surface area contributed by atoms with Crippen molar-refractivity contribution in [1.29, 1.82) is 0 Å². The van der Waals surface area contributed by atoms with Crippen LogP contribution in [0.15, 0.2) is 18.7 Å². The van der Waals surface area contributed by atoms with Crippen molar-refractivity contribution in [3.63, 3.8) is 0 Å². The Balaban J connectivity index is 2.62. The molecule has 0 saturated heterocycles. The highest BCUT2D eigenvalue weighted by Crippen LogP contribution is 1.80. The Labute approximate surface area is 48.4 Å². The van der Waals surface area contributed by atoms with Crippen molar-refractivity contribution in [3.05, 3.63) is 31.1 Å². The normalized spacial score (nSPS) is 9.00. The summed E-state index contributed by atoms with van der Waals surface area (Å²) >= 11 is 0. The number of allylic oxidation sites excluding steroid dienone is 1. The van der Waals surface area contributed by atoms with Gasteiger partial charge in [-0.1, -0.05) is 6.08 Å². The van der Waals surface area contributed by atoms with Gasteiger partial charge < -0.3 is 0 Å². The van der Waals surface area contributed by atoms with Gasteiger partial charge in [-0.15, -0.1) is 6.58 Å². The van der Waals surface area contributed by atoms with E-state index in [1.54, 1.807) is 16.8 Å². The maximum Gasteiger partial charge on any atom is 0.113 e. The summed E-state index contributed by atoms with van der Waals surface area (Å²) in [4.78, 5) is 0. The molecule has 0 aromatic carbocycles. The third kappa shape index (κ3) is 0.964. The molecule has 0 spiro atoms. The molecule has 0 bridgehead atoms. The summed E-state index contributed by atoms with van der Waals surface area (Å²) in [7, 11) is 0. The summed E-state index contributed by atoms with van der Waals surface area (Å²) in [6, 6.07) is 1.64. The molecule has 2 radical (unpaired) electrons. The molecule has 0 saturated carbocycles. The summed E-state index contributed by atoms with van der Waals surface area (Å²) in [5.41, 5.74) is 0. The average molecular weight is 106 g/mol. The molecular weight excluding hydrogens is 100 g/mol. The Morgan fingerprint density at radius 2 is 2.75 bits per heavy atom. The number of hydrogen-bond donors (Lipinski definition) is 0. The Morgan fingerprint density at radius 3 is 3.25 bits per heavy atom. The van der Waals surface area contributed by atoms with Crippen molar-refractivity contribution in [2.45, 2.75) is 6.54 Å². The Bertz CT molecular complexity index is 153. The third-order valence-electron chi connectivity index (χ3n) is 0.759. The van der Waals surface area contributed by atoms with Crippen LogP contribution < -0.4 is 0 Å². The lowest BCUT2D eigenvalue weighted by atomic mass is 10.6. The molecule has 1 heterocycles. The second-order valence-corrected chi connectivity index (χ2v) is 1.37. The van der Waals surface area contributed by atoms with E-state index in [1.807, 2.05) is 0 Å². The molecule has 1 rings (SSSR count). The molecule has 0 aliphatic carbocycles. The van der Waals surface area contributed by atoms with Crippen molar-refractivity contribution in [2.75, 3.05) is 0 Å². The van der Waals surface area contributed by atoms with Crippen molar-refractivity contribution in [1.82, 2.24) is 9.78 Å². The first-order chi connectivity index (χ1) is 3.93. The van der Waals surface area contributed by atoms with Gasteiger partial charge in [0.05, 0.1) is 12.7 Å². The first-order valence-electron chi connectivity index (χ1n) is 2.36. The predicted molar refractivity (Wildman–Crippen MR) is 30.1 cm³/mol. The van der Waals surface area contributed by atoms with Gasteiger partial charge in [0.2, 0.25) is 0 Å². The first-order valence-corrected chi connectivity index (χ1v) is 2.36. The minimum absolute atomic E-state index is 0.712. The van der Waals surface area contributed by atoms with Crippen LogP contribution in [0.25, 0.3) is 0 Å². The van der Waals surface area contributed by atoms with Crippen LogP contribution in [-0.2, 0) is 6.54 Å². The Kier molecular flexibility index (Phi) is 1.47. The van der Waals surface area contributed by atoms with Crippen molar-refractivity contribution >= 4 is 0 Å². The number of rotatable bonds is 2. The average Bonchev–Trinajstić information content (AvgIpc) is 2.19. The molecule has 1 aromatic heterocycles. The monoisotopic (exact) mass is 106 g/mol. The maximum absolute atomic E-state index is 3.77. The summed E-state index contributed by atoms with van der Waals surface area (Å²) in [5.74, 6) is 0. The van der Waals surface area contributed by atoms with E-state index in [-0.39, 0.29) is 0 Å². The standard InChI is InChI=1S/C6H6N2/c1-2-5-8-6-3-4-7-8/h2-3H,1,5H2. The van der Waals surface area contributed by atoms with Crippen LogP contribution in [0.5, 0.6) is 0 Å². The van der Waals surface area contributed by atoms with Gasteiger partial charge in [0, 0.05) is 0 Å². The highest BCUT2D eigenvalue weighted by molar-refractivity contribution is 4.76. The molecule has 2 heteroatoms. The third-order valence-corrected chi connectivity index (χ3v) is 0.759. The molecule has 1 aromatic rings. The fourth-order valence-electron chi connectivity index (χ4n) is 0.447. The van der Waals surface area contributed by atoms with Crippen LogP contribution in [-0.4, -0.2) is 9.78 Å². The Morgan fingerprint density at radius 1 is 1.88 bits per heavy atom. The van der Waals surface area contributed by atoms with Crippen LogP contribution in [0.3, 0.4) is 0 Å². The summed E-state index contributed by atoms with van der Waals surface area (Å²) in [6.07, 6.45) is 7.20. The lowest BCUT2D eigenvalue weighted by Gasteiger charge is -1.88. The van der Waals surface area contributed by atoms with Gasteiger partial charge in [0.25, 0.3) is 0 Å². The van der Waals surface area contributed by atoms with E-state index in [9.17, 15) is 0 Å². The molecule has 0 aliphatic rings. The molecule has 0 unspecified atom stereocenters. The summed E-state index contributed by atoms with van der Waals surface area (Å²) in [6.45, 7) is 4.25. The number of hydrogen-bond acceptors (Lipinski definition) is 1. The fourth-order valence-corrected chi connectivity index (χ4v) is 0.447. The predicted octanol–water partition coefficient (Wildman–Crippen LogP) is 0.669. The highest BCUT2D eigenvalue weighted by Gasteiger charge is 1.81. The second kappa shape index (κ2) is 2.31. The molecule has 2 nitrogen and oxygen atoms in total. The van der Waals surface area contributed by atoms with Gasteiger partial charge in [-0.2, -0.15) is 5.10 Å². The van der Waals surface area contributed by atoms with Gasteiger partial charge >= 0.3 is 0 Å². The van der Waals surface area contributed by atoms with Gasteiger partial charge in [0.15, 0.2) is 0 Å². The van der Waals surface area contributed by atoms with E-state index in [1.165, 1.54) is 0 Å². The van der Waals surface area contributed by atoms with Crippen LogP contribution in [0.1, 0.15) is 0 Å². The minimum atomic E-state index is 0.712. The zero-order valence-corrected chi connectivity index (χ0v) is 4.46. The minimum Gasteiger partial charge on any atom is -0.259 e. The molecule has 8 heavy (non-hydrogen) atoms. The SMILES string of the molecule is C=CCn1[c]c[c]n1. The Hall–Kier alpha value is -1.05. The quantitative estimate of drug-likeness (QED) is 0.507. The molecule has 40 valence electrons. The molecular formula is C6H6N2. The summed E-state index contributed by atoms with van der Waals surface area (Å²) in [5, 5.41) is 3.77. The topological polar surface area (TPSA) is 17.8 Å². The summed E-state index contributed by atoms with van der Waals surface area (Å²) < 4.78 is 1.63. The van der Waals surface area contributed by atoms with Gasteiger partial charge in [-0.05, 0) is 6.07 Å². The van der Waals surface area contributed by atoms with E-state index in [0.717, 1.165) is 0 Å². The van der Waals surface area contributed by atoms with Crippen LogP contribution >= 0.6 is 0 Å². The maximum atomic E-state index is 3.77. The van der Waals surface area contributed by atoms with Crippen molar-refractivity contribution in [3.8, 4) is 0 Å². The molecule has 0 atom stereocenters. The van der Waals surface area contributed by atoms with Crippen molar-refractivity contribution in [2.24, 2.45) is 0 Å². The lowest BCUT2D eigenvalue weighted by molar-refractivity contribution is 0.695. The van der Waals surface area contributed by atoms with Crippen LogP contribution in [0.4, 0.5) is 0 Å². The lowest BCUT2D eigenvalue weighted by Crippen LogP contribution is -1.93. The smallest absolute Gasteiger partial charge is 0.113 e. The van der Waals surface area contributed by atoms with E-state index in [4.69, 9.17) is 0 Å². The van der Waals surface area contributed by atoms with Crippen molar-refractivity contribution < 1.29 is 0 Å². The number of aromatic nitrogens is 2. The highest BCUT2D eigenvalue weighted by atomic mass is 15.3. The first kappa shape index (κ1) is 5.09. The molecule has 0 amide bonds. The van der Waals surface area contributed by atoms with E-state index < -0.39 is 0 Å².